The van der Waals surface area contributed by atoms with Crippen LogP contribution in [0.5, 0.6) is 5.75 Å². The number of anilines is 1. The quantitative estimate of drug-likeness (QED) is 0.436. The zero-order chi connectivity index (χ0) is 22.8. The molecule has 0 bridgehead atoms. The normalized spacial score (nSPS) is 15.3. The molecule has 5 rings (SSSR count). The molecule has 0 atom stereocenters. The second kappa shape index (κ2) is 9.27. The van der Waals surface area contributed by atoms with Gasteiger partial charge in [-0.1, -0.05) is 24.3 Å². The molecule has 0 radical (unpaired) electrons. The predicted octanol–water partition coefficient (Wildman–Crippen LogP) is 4.51. The van der Waals surface area contributed by atoms with Crippen LogP contribution in [0.25, 0.3) is 11.0 Å². The fraction of sp³-hybridized carbons (Fsp3) is 0.385. The maximum absolute atomic E-state index is 9.45. The number of hydrogen-bond acceptors (Lipinski definition) is 6. The second-order valence-corrected chi connectivity index (χ2v) is 8.92. The minimum absolute atomic E-state index is 0.325. The standard InChI is InChI=1S/C26H31N5O2/c1-18-24(27-19(2)33-18)17-31-25-6-4-3-5-23(25)29-26(31)28-21-12-15-30(16-13-21)14-11-20-7-9-22(32)10-8-20/h3-10,21,32H,11-17H2,1-2H3,(H,28,29). The Kier molecular flexibility index (Phi) is 6.05. The first kappa shape index (κ1) is 21.5. The topological polar surface area (TPSA) is 79.4 Å². The summed E-state index contributed by atoms with van der Waals surface area (Å²) < 4.78 is 7.87. The Morgan fingerprint density at radius 3 is 2.52 bits per heavy atom. The highest BCUT2D eigenvalue weighted by atomic mass is 16.4. The van der Waals surface area contributed by atoms with Crippen LogP contribution in [0.3, 0.4) is 0 Å². The molecule has 1 fully saturated rings. The van der Waals surface area contributed by atoms with E-state index in [9.17, 15) is 5.11 Å². The van der Waals surface area contributed by atoms with Crippen molar-refractivity contribution >= 4 is 17.0 Å². The third-order valence-corrected chi connectivity index (χ3v) is 6.54. The predicted molar refractivity (Wildman–Crippen MR) is 130 cm³/mol. The number of hydrogen-bond donors (Lipinski definition) is 2. The highest BCUT2D eigenvalue weighted by molar-refractivity contribution is 5.78. The second-order valence-electron chi connectivity index (χ2n) is 8.92. The van der Waals surface area contributed by atoms with Crippen LogP contribution in [-0.2, 0) is 13.0 Å². The molecule has 1 aliphatic heterocycles. The Hall–Kier alpha value is -3.32. The number of aromatic hydroxyl groups is 1. The summed E-state index contributed by atoms with van der Waals surface area (Å²) in [5, 5.41) is 13.2. The Balaban J connectivity index is 1.24. The van der Waals surface area contributed by atoms with Gasteiger partial charge in [-0.15, -0.1) is 0 Å². The summed E-state index contributed by atoms with van der Waals surface area (Å²) in [5.41, 5.74) is 4.30. The maximum Gasteiger partial charge on any atom is 0.204 e. The van der Waals surface area contributed by atoms with Gasteiger partial charge < -0.3 is 24.3 Å². The van der Waals surface area contributed by atoms with E-state index < -0.39 is 0 Å². The molecule has 3 heterocycles. The molecule has 2 aromatic heterocycles. The molecule has 0 unspecified atom stereocenters. The lowest BCUT2D eigenvalue weighted by Crippen LogP contribution is -2.40. The smallest absolute Gasteiger partial charge is 0.204 e. The van der Waals surface area contributed by atoms with Gasteiger partial charge in [0.25, 0.3) is 0 Å². The van der Waals surface area contributed by atoms with Crippen LogP contribution in [0.15, 0.2) is 52.9 Å². The molecule has 4 aromatic rings. The molecular formula is C26H31N5O2. The van der Waals surface area contributed by atoms with E-state index in [4.69, 9.17) is 9.40 Å². The van der Waals surface area contributed by atoms with Crippen molar-refractivity contribution in [1.29, 1.82) is 0 Å². The van der Waals surface area contributed by atoms with Crippen molar-refractivity contribution in [1.82, 2.24) is 19.4 Å². The van der Waals surface area contributed by atoms with Crippen molar-refractivity contribution in [3.63, 3.8) is 0 Å². The van der Waals surface area contributed by atoms with Crippen LogP contribution < -0.4 is 5.32 Å². The van der Waals surface area contributed by atoms with Crippen molar-refractivity contribution in [3.8, 4) is 5.75 Å². The van der Waals surface area contributed by atoms with E-state index in [1.165, 1.54) is 5.56 Å². The average molecular weight is 446 g/mol. The number of para-hydroxylation sites is 2. The van der Waals surface area contributed by atoms with E-state index in [0.29, 0.717) is 24.2 Å². The monoisotopic (exact) mass is 445 g/mol. The molecule has 1 aliphatic rings. The maximum atomic E-state index is 9.45. The summed E-state index contributed by atoms with van der Waals surface area (Å²) in [6.45, 7) is 7.67. The number of aryl methyl sites for hydroxylation is 2. The highest BCUT2D eigenvalue weighted by Gasteiger charge is 2.22. The summed E-state index contributed by atoms with van der Waals surface area (Å²) in [4.78, 5) is 12.0. The SMILES string of the molecule is Cc1nc(Cn2c(NC3CCN(CCc4ccc(O)cc4)CC3)nc3ccccc32)c(C)o1. The van der Waals surface area contributed by atoms with Gasteiger partial charge in [-0.05, 0) is 56.0 Å². The van der Waals surface area contributed by atoms with Crippen LogP contribution in [-0.4, -0.2) is 50.2 Å². The third kappa shape index (κ3) is 4.88. The fourth-order valence-corrected chi connectivity index (χ4v) is 4.65. The van der Waals surface area contributed by atoms with Crippen molar-refractivity contribution in [2.45, 2.75) is 45.7 Å². The zero-order valence-corrected chi connectivity index (χ0v) is 19.3. The number of rotatable bonds is 7. The number of fused-ring (bicyclic) bond motifs is 1. The summed E-state index contributed by atoms with van der Waals surface area (Å²) in [6.07, 6.45) is 3.17. The van der Waals surface area contributed by atoms with Crippen LogP contribution >= 0.6 is 0 Å². The minimum Gasteiger partial charge on any atom is -0.508 e. The number of imidazole rings is 1. The molecule has 0 saturated carbocycles. The molecule has 7 heteroatoms. The molecular weight excluding hydrogens is 414 g/mol. The van der Waals surface area contributed by atoms with E-state index in [-0.39, 0.29) is 0 Å². The Bertz CT molecular complexity index is 1220. The molecule has 7 nitrogen and oxygen atoms in total. The first-order valence-electron chi connectivity index (χ1n) is 11.7. The number of aromatic nitrogens is 3. The number of benzene rings is 2. The molecule has 0 amide bonds. The number of likely N-dealkylation sites (tertiary alicyclic amines) is 1. The Labute approximate surface area is 194 Å². The van der Waals surface area contributed by atoms with Gasteiger partial charge in [0.2, 0.25) is 5.95 Å². The Morgan fingerprint density at radius 2 is 1.79 bits per heavy atom. The van der Waals surface area contributed by atoms with Crippen LogP contribution in [0.2, 0.25) is 0 Å². The lowest BCUT2D eigenvalue weighted by atomic mass is 10.0. The van der Waals surface area contributed by atoms with Crippen LogP contribution in [0.1, 0.15) is 35.7 Å². The van der Waals surface area contributed by atoms with Gasteiger partial charge in [-0.2, -0.15) is 0 Å². The number of phenolic OH excluding ortho intramolecular Hbond substituents is 1. The molecule has 0 aliphatic carbocycles. The number of nitrogens with zero attached hydrogens (tertiary/aromatic N) is 4. The minimum atomic E-state index is 0.325. The van der Waals surface area contributed by atoms with E-state index in [1.807, 2.05) is 32.0 Å². The van der Waals surface area contributed by atoms with Gasteiger partial charge in [0.05, 0.1) is 17.6 Å². The lowest BCUT2D eigenvalue weighted by molar-refractivity contribution is 0.221. The molecule has 172 valence electrons. The zero-order valence-electron chi connectivity index (χ0n) is 19.3. The van der Waals surface area contributed by atoms with E-state index in [1.54, 1.807) is 12.1 Å². The van der Waals surface area contributed by atoms with Crippen molar-refractivity contribution < 1.29 is 9.52 Å². The van der Waals surface area contributed by atoms with Crippen molar-refractivity contribution in [2.24, 2.45) is 0 Å². The number of phenols is 1. The van der Waals surface area contributed by atoms with Gasteiger partial charge in [-0.25, -0.2) is 9.97 Å². The average Bonchev–Trinajstić information content (AvgIpc) is 3.33. The van der Waals surface area contributed by atoms with Gasteiger partial charge >= 0.3 is 0 Å². The fourth-order valence-electron chi connectivity index (χ4n) is 4.65. The number of oxazole rings is 1. The van der Waals surface area contributed by atoms with Gasteiger partial charge in [0.15, 0.2) is 5.89 Å². The molecule has 0 spiro atoms. The van der Waals surface area contributed by atoms with Crippen molar-refractivity contribution in [2.75, 3.05) is 25.0 Å². The number of nitrogens with one attached hydrogen (secondary N) is 1. The van der Waals surface area contributed by atoms with E-state index in [2.05, 4.69) is 38.0 Å². The Morgan fingerprint density at radius 1 is 1.03 bits per heavy atom. The third-order valence-electron chi connectivity index (χ3n) is 6.54. The van der Waals surface area contributed by atoms with E-state index >= 15 is 0 Å². The first-order valence-corrected chi connectivity index (χ1v) is 11.7. The molecule has 2 aromatic carbocycles. The largest absolute Gasteiger partial charge is 0.508 e. The summed E-state index contributed by atoms with van der Waals surface area (Å²) in [7, 11) is 0. The van der Waals surface area contributed by atoms with Crippen molar-refractivity contribution in [3.05, 3.63) is 71.4 Å². The lowest BCUT2D eigenvalue weighted by Gasteiger charge is -2.32. The van der Waals surface area contributed by atoms with E-state index in [0.717, 1.165) is 67.3 Å². The molecule has 2 N–H and O–H groups in total. The number of piperidine rings is 1. The van der Waals surface area contributed by atoms with Gasteiger partial charge in [-0.3, -0.25) is 0 Å². The highest BCUT2D eigenvalue weighted by Crippen LogP contribution is 2.25. The summed E-state index contributed by atoms with van der Waals surface area (Å²) in [5.74, 6) is 2.78. The molecule has 33 heavy (non-hydrogen) atoms. The first-order chi connectivity index (χ1) is 16.0. The summed E-state index contributed by atoms with van der Waals surface area (Å²) >= 11 is 0. The van der Waals surface area contributed by atoms with Crippen LogP contribution in [0, 0.1) is 13.8 Å². The van der Waals surface area contributed by atoms with Gasteiger partial charge in [0.1, 0.15) is 17.2 Å². The van der Waals surface area contributed by atoms with Crippen LogP contribution in [0.4, 0.5) is 5.95 Å². The summed E-state index contributed by atoms with van der Waals surface area (Å²) in [6, 6.07) is 16.2. The van der Waals surface area contributed by atoms with Gasteiger partial charge in [0, 0.05) is 32.6 Å². The molecule has 1 saturated heterocycles.